The van der Waals surface area contributed by atoms with Gasteiger partial charge < -0.3 is 4.55 Å². The normalized spacial score (nSPS) is 10.9. The van der Waals surface area contributed by atoms with Crippen LogP contribution in [0.5, 0.6) is 0 Å². The van der Waals surface area contributed by atoms with Gasteiger partial charge in [0.05, 0.1) is 0 Å². The van der Waals surface area contributed by atoms with Crippen molar-refractivity contribution in [3.63, 3.8) is 0 Å². The Morgan fingerprint density at radius 3 is 0.625 bits per heavy atom. The summed E-state index contributed by atoms with van der Waals surface area (Å²) < 4.78 is 96.0. The van der Waals surface area contributed by atoms with E-state index in [4.69, 9.17) is 52.6 Å². The minimum Gasteiger partial charge on any atom is -0.726 e. The fraction of sp³-hybridized carbons (Fsp3) is 0. The van der Waals surface area contributed by atoms with Crippen molar-refractivity contribution in [2.24, 2.45) is 0 Å². The Bertz CT molecular complexity index is 337. The Morgan fingerprint density at radius 1 is 0.625 bits per heavy atom. The van der Waals surface area contributed by atoms with Gasteiger partial charge in [-0.2, -0.15) is 16.8 Å². The second kappa shape index (κ2) is 9.62. The van der Waals surface area contributed by atoms with Gasteiger partial charge in [0.25, 0.3) is 0 Å². The van der Waals surface area contributed by atoms with Gasteiger partial charge in [-0.05, 0) is 0 Å². The molecule has 0 saturated carbocycles. The smallest absolute Gasteiger partial charge is 0.726 e. The Labute approximate surface area is 113 Å². The van der Waals surface area contributed by atoms with Crippen LogP contribution in [0.25, 0.3) is 0 Å². The molecule has 0 amide bonds. The first-order chi connectivity index (χ1) is 6.00. The van der Waals surface area contributed by atoms with Crippen molar-refractivity contribution in [3.8, 4) is 0 Å². The maximum Gasteiger partial charge on any atom is 1.00 e. The summed E-state index contributed by atoms with van der Waals surface area (Å²) in [5.74, 6) is 0. The first-order valence-electron chi connectivity index (χ1n) is 2.08. The van der Waals surface area contributed by atoms with E-state index in [0.717, 1.165) is 0 Å². The molecular weight excluding hydrogens is 311 g/mol. The van der Waals surface area contributed by atoms with Gasteiger partial charge in [-0.3, -0.25) is 22.8 Å². The van der Waals surface area contributed by atoms with Crippen molar-refractivity contribution < 1.29 is 82.1 Å². The van der Waals surface area contributed by atoms with Crippen molar-refractivity contribution in [1.29, 1.82) is 0 Å². The van der Waals surface area contributed by atoms with Crippen LogP contribution in [0.3, 0.4) is 0 Å². The van der Waals surface area contributed by atoms with Gasteiger partial charge in [0, 0.05) is 0 Å². The van der Waals surface area contributed by atoms with Gasteiger partial charge in [-0.1, -0.05) is 0 Å². The second-order valence-electron chi connectivity index (χ2n) is 1.32. The predicted octanol–water partition coefficient (Wildman–Crippen LogP) is -5.30. The zero-order valence-electron chi connectivity index (χ0n) is 7.32. The standard InChI is InChI=1S/Na.3H2O4S/c;3*1-5(2,3)4/h;3*(H2,1,2,3,4)/q+1;;;/p-1. The van der Waals surface area contributed by atoms with Crippen molar-refractivity contribution in [2.75, 3.05) is 0 Å². The molecule has 0 aromatic heterocycles. The van der Waals surface area contributed by atoms with Crippen molar-refractivity contribution in [2.45, 2.75) is 0 Å². The molecule has 0 aliphatic heterocycles. The molecule has 5 N–H and O–H groups in total. The van der Waals surface area contributed by atoms with Crippen molar-refractivity contribution in [1.82, 2.24) is 0 Å². The molecule has 16 heavy (non-hydrogen) atoms. The van der Waals surface area contributed by atoms with Crippen LogP contribution < -0.4 is 29.6 Å². The van der Waals surface area contributed by atoms with Crippen LogP contribution in [0.1, 0.15) is 0 Å². The van der Waals surface area contributed by atoms with Crippen molar-refractivity contribution in [3.05, 3.63) is 0 Å². The fourth-order valence-electron chi connectivity index (χ4n) is 0. The van der Waals surface area contributed by atoms with Crippen LogP contribution >= 0.6 is 0 Å². The van der Waals surface area contributed by atoms with Gasteiger partial charge in [-0.15, -0.1) is 0 Å². The summed E-state index contributed by atoms with van der Waals surface area (Å²) in [7, 11) is -14.2. The molecule has 12 nitrogen and oxygen atoms in total. The van der Waals surface area contributed by atoms with Crippen LogP contribution in [-0.2, 0) is 31.2 Å². The Morgan fingerprint density at radius 2 is 0.625 bits per heavy atom. The predicted molar refractivity (Wildman–Crippen MR) is 40.7 cm³/mol. The first kappa shape index (κ1) is 25.5. The molecule has 96 valence electrons. The summed E-state index contributed by atoms with van der Waals surface area (Å²) in [5, 5.41) is 0. The van der Waals surface area contributed by atoms with E-state index < -0.39 is 31.2 Å². The summed E-state index contributed by atoms with van der Waals surface area (Å²) in [5.41, 5.74) is 0. The number of hydrogen-bond acceptors (Lipinski definition) is 7. The van der Waals surface area contributed by atoms with Crippen molar-refractivity contribution >= 4 is 31.2 Å². The molecule has 0 heterocycles. The van der Waals surface area contributed by atoms with E-state index in [0.29, 0.717) is 0 Å². The monoisotopic (exact) mass is 316 g/mol. The number of rotatable bonds is 0. The summed E-state index contributed by atoms with van der Waals surface area (Å²) >= 11 is 0. The molecule has 0 aliphatic rings. The molecule has 0 saturated heterocycles. The zero-order chi connectivity index (χ0) is 13.5. The molecule has 0 bridgehead atoms. The fourth-order valence-corrected chi connectivity index (χ4v) is 0. The van der Waals surface area contributed by atoms with Gasteiger partial charge in [-0.25, -0.2) is 8.42 Å². The van der Waals surface area contributed by atoms with Gasteiger partial charge >= 0.3 is 50.4 Å². The van der Waals surface area contributed by atoms with Crippen LogP contribution in [0, 0.1) is 0 Å². The largest absolute Gasteiger partial charge is 1.00 e. The summed E-state index contributed by atoms with van der Waals surface area (Å²) in [4.78, 5) is 0. The maximum atomic E-state index is 8.74. The zero-order valence-corrected chi connectivity index (χ0v) is 11.8. The topological polar surface area (TPSA) is 227 Å². The molecular formula is H5NaO12S3. The van der Waals surface area contributed by atoms with Gasteiger partial charge in [0.1, 0.15) is 0 Å². The Kier molecular flexibility index (Phi) is 15.3. The van der Waals surface area contributed by atoms with E-state index in [1.807, 2.05) is 0 Å². The van der Waals surface area contributed by atoms with Gasteiger partial charge in [0.2, 0.25) is 10.4 Å². The minimum atomic E-state index is -4.92. The Hall–Kier alpha value is 0.610. The van der Waals surface area contributed by atoms with Crippen LogP contribution in [-0.4, -0.2) is 52.6 Å². The molecule has 0 aromatic rings. The maximum absolute atomic E-state index is 8.74. The first-order valence-corrected chi connectivity index (χ1v) is 6.24. The molecule has 0 aliphatic carbocycles. The Balaban J connectivity index is -0.0000000655. The molecule has 0 unspecified atom stereocenters. The van der Waals surface area contributed by atoms with E-state index in [-0.39, 0.29) is 29.6 Å². The third-order valence-electron chi connectivity index (χ3n) is 0. The molecule has 16 heteroatoms. The van der Waals surface area contributed by atoms with Crippen LogP contribution in [0.15, 0.2) is 0 Å². The molecule has 0 fully saturated rings. The quantitative estimate of drug-likeness (QED) is 0.160. The minimum absolute atomic E-state index is 0. The molecule has 0 rings (SSSR count). The SMILES string of the molecule is O=S(=O)(O)O.O=S(=O)(O)O.O=S(=O)([O-])O.[Na+]. The van der Waals surface area contributed by atoms with Crippen LogP contribution in [0.2, 0.25) is 0 Å². The molecule has 0 aromatic carbocycles. The van der Waals surface area contributed by atoms with E-state index in [9.17, 15) is 0 Å². The van der Waals surface area contributed by atoms with E-state index in [1.165, 1.54) is 0 Å². The third-order valence-corrected chi connectivity index (χ3v) is 0. The number of hydrogen-bond donors (Lipinski definition) is 5. The molecule has 0 atom stereocenters. The second-order valence-corrected chi connectivity index (χ2v) is 3.97. The van der Waals surface area contributed by atoms with Crippen LogP contribution in [0.4, 0.5) is 0 Å². The van der Waals surface area contributed by atoms with Gasteiger partial charge in [0.15, 0.2) is 0 Å². The van der Waals surface area contributed by atoms with E-state index in [1.54, 1.807) is 0 Å². The van der Waals surface area contributed by atoms with E-state index >= 15 is 0 Å². The molecule has 0 radical (unpaired) electrons. The third kappa shape index (κ3) is 7270. The average molecular weight is 316 g/mol. The summed E-state index contributed by atoms with van der Waals surface area (Å²) in [6.45, 7) is 0. The average Bonchev–Trinajstić information content (AvgIpc) is 1.41. The molecule has 0 spiro atoms. The summed E-state index contributed by atoms with van der Waals surface area (Å²) in [6.07, 6.45) is 0. The van der Waals surface area contributed by atoms with E-state index in [2.05, 4.69) is 0 Å². The summed E-state index contributed by atoms with van der Waals surface area (Å²) in [6, 6.07) is 0.